The third-order valence-corrected chi connectivity index (χ3v) is 7.33. The van der Waals surface area contributed by atoms with Gasteiger partial charge in [0.2, 0.25) is 9.84 Å². The Morgan fingerprint density at radius 3 is 2.39 bits per heavy atom. The zero-order valence-corrected chi connectivity index (χ0v) is 16.5. The lowest BCUT2D eigenvalue weighted by molar-refractivity contribution is 0.0715. The summed E-state index contributed by atoms with van der Waals surface area (Å²) in [5.41, 5.74) is 0.415. The molecule has 0 aromatic heterocycles. The summed E-state index contributed by atoms with van der Waals surface area (Å²) in [6.07, 6.45) is 5.73. The molecule has 1 radical (unpaired) electrons. The third-order valence-electron chi connectivity index (χ3n) is 5.99. The van der Waals surface area contributed by atoms with E-state index in [-0.39, 0.29) is 5.41 Å². The summed E-state index contributed by atoms with van der Waals surface area (Å²) in [5.74, 6) is -3.46. The molecular formula is C20H25F2N2O3S. The third kappa shape index (κ3) is 4.53. The van der Waals surface area contributed by atoms with Crippen LogP contribution in [0.25, 0.3) is 0 Å². The topological polar surface area (TPSA) is 79.2 Å². The van der Waals surface area contributed by atoms with Crippen LogP contribution in [0.5, 0.6) is 0 Å². The summed E-state index contributed by atoms with van der Waals surface area (Å²) in [4.78, 5) is -0.506. The number of hydrogen-bond acceptors (Lipinski definition) is 5. The van der Waals surface area contributed by atoms with Gasteiger partial charge in [0.05, 0.1) is 11.0 Å². The van der Waals surface area contributed by atoms with E-state index in [1.54, 1.807) is 6.07 Å². The van der Waals surface area contributed by atoms with Crippen molar-refractivity contribution in [1.82, 2.24) is 5.32 Å². The molecule has 0 atom stereocenters. The second kappa shape index (κ2) is 8.85. The van der Waals surface area contributed by atoms with Crippen LogP contribution in [0.1, 0.15) is 50.5 Å². The molecule has 3 rings (SSSR count). The van der Waals surface area contributed by atoms with Gasteiger partial charge in [0.25, 0.3) is 0 Å². The second-order valence-corrected chi connectivity index (χ2v) is 9.58. The quantitative estimate of drug-likeness (QED) is 0.777. The van der Waals surface area contributed by atoms with Crippen molar-refractivity contribution in [3.63, 3.8) is 0 Å². The summed E-state index contributed by atoms with van der Waals surface area (Å²) in [6.45, 7) is 1.57. The number of benzene rings is 1. The number of nitriles is 1. The number of ether oxygens (including phenoxy) is 1. The predicted octanol–water partition coefficient (Wildman–Crippen LogP) is 3.35. The first-order valence-electron chi connectivity index (χ1n) is 9.62. The van der Waals surface area contributed by atoms with Crippen molar-refractivity contribution in [2.24, 2.45) is 0 Å². The monoisotopic (exact) mass is 411 g/mol. The number of nitrogens with zero attached hydrogens (tertiary/aromatic N) is 1. The Morgan fingerprint density at radius 1 is 1.21 bits per heavy atom. The predicted molar refractivity (Wildman–Crippen MR) is 99.6 cm³/mol. The molecule has 0 unspecified atom stereocenters. The maximum atomic E-state index is 12.7. The van der Waals surface area contributed by atoms with Crippen LogP contribution >= 0.6 is 0 Å². The Hall–Kier alpha value is -1.56. The first kappa shape index (κ1) is 21.2. The Labute approximate surface area is 165 Å². The zero-order chi connectivity index (χ0) is 20.2. The van der Waals surface area contributed by atoms with Gasteiger partial charge in [0.1, 0.15) is 0 Å². The molecule has 1 saturated carbocycles. The van der Waals surface area contributed by atoms with Crippen LogP contribution < -0.4 is 5.32 Å². The Bertz CT molecular complexity index is 792. The fraction of sp³-hybridized carbons (Fsp3) is 0.650. The number of halogens is 2. The Balaban J connectivity index is 1.70. The SMILES string of the molecule is N#CCC1(c2c[c]c(S(=O)(=O)C(F)F)cc2)CCC(NC2CCOCC2)CC1. The molecule has 1 aromatic carbocycles. The van der Waals surface area contributed by atoms with Crippen molar-refractivity contribution < 1.29 is 21.9 Å². The molecule has 1 heterocycles. The van der Waals surface area contributed by atoms with E-state index in [2.05, 4.69) is 17.5 Å². The van der Waals surface area contributed by atoms with Crippen molar-refractivity contribution in [3.8, 4) is 6.07 Å². The van der Waals surface area contributed by atoms with Crippen molar-refractivity contribution in [3.05, 3.63) is 29.8 Å². The molecule has 5 nitrogen and oxygen atoms in total. The number of sulfone groups is 1. The molecule has 2 aliphatic rings. The average Bonchev–Trinajstić information content (AvgIpc) is 2.70. The molecule has 1 N–H and O–H groups in total. The smallest absolute Gasteiger partial charge is 0.341 e. The molecule has 153 valence electrons. The van der Waals surface area contributed by atoms with Crippen LogP contribution in [0, 0.1) is 17.4 Å². The van der Waals surface area contributed by atoms with Crippen LogP contribution in [-0.4, -0.2) is 39.5 Å². The normalized spacial score (nSPS) is 26.9. The summed E-state index contributed by atoms with van der Waals surface area (Å²) in [7, 11) is -4.66. The van der Waals surface area contributed by atoms with Crippen LogP contribution in [0.4, 0.5) is 8.78 Å². The molecule has 1 saturated heterocycles. The summed E-state index contributed by atoms with van der Waals surface area (Å²) >= 11 is 0. The van der Waals surface area contributed by atoms with Gasteiger partial charge in [-0.3, -0.25) is 0 Å². The van der Waals surface area contributed by atoms with Gasteiger partial charge in [-0.2, -0.15) is 14.0 Å². The minimum atomic E-state index is -4.66. The first-order valence-corrected chi connectivity index (χ1v) is 11.2. The van der Waals surface area contributed by atoms with Crippen molar-refractivity contribution >= 4 is 9.84 Å². The van der Waals surface area contributed by atoms with Gasteiger partial charge in [0.15, 0.2) is 0 Å². The van der Waals surface area contributed by atoms with E-state index >= 15 is 0 Å². The lowest BCUT2D eigenvalue weighted by Gasteiger charge is -2.41. The van der Waals surface area contributed by atoms with Crippen molar-refractivity contribution in [1.29, 1.82) is 5.26 Å². The van der Waals surface area contributed by atoms with E-state index in [0.29, 0.717) is 18.5 Å². The van der Waals surface area contributed by atoms with Crippen molar-refractivity contribution in [2.45, 2.75) is 73.1 Å². The molecule has 8 heteroatoms. The summed E-state index contributed by atoms with van der Waals surface area (Å²) < 4.78 is 54.0. The molecule has 2 fully saturated rings. The van der Waals surface area contributed by atoms with E-state index in [0.717, 1.165) is 57.3 Å². The Kier molecular flexibility index (Phi) is 6.69. The van der Waals surface area contributed by atoms with Crippen LogP contribution in [0.3, 0.4) is 0 Å². The van der Waals surface area contributed by atoms with Gasteiger partial charge in [-0.25, -0.2) is 8.42 Å². The van der Waals surface area contributed by atoms with Gasteiger partial charge < -0.3 is 10.1 Å². The molecule has 0 bridgehead atoms. The second-order valence-electron chi connectivity index (χ2n) is 7.69. The lowest BCUT2D eigenvalue weighted by Crippen LogP contribution is -2.45. The van der Waals surface area contributed by atoms with Crippen LogP contribution in [0.2, 0.25) is 0 Å². The highest BCUT2D eigenvalue weighted by Gasteiger charge is 2.38. The number of hydrogen-bond donors (Lipinski definition) is 1. The minimum absolute atomic E-state index is 0.311. The molecule has 1 aliphatic carbocycles. The van der Waals surface area contributed by atoms with E-state index < -0.39 is 20.5 Å². The van der Waals surface area contributed by atoms with Gasteiger partial charge in [-0.1, -0.05) is 6.07 Å². The number of alkyl halides is 2. The highest BCUT2D eigenvalue weighted by atomic mass is 32.2. The van der Waals surface area contributed by atoms with E-state index in [1.165, 1.54) is 12.1 Å². The average molecular weight is 411 g/mol. The van der Waals surface area contributed by atoms with E-state index in [4.69, 9.17) is 4.74 Å². The number of nitrogens with one attached hydrogen (secondary N) is 1. The van der Waals surface area contributed by atoms with E-state index in [1.807, 2.05) is 0 Å². The Morgan fingerprint density at radius 2 is 1.86 bits per heavy atom. The standard InChI is InChI=1S/C20H25F2N2O3S/c21-19(22)28(25,26)18-3-1-15(2-4-18)20(11-12-23)9-5-16(6-10-20)24-17-7-13-27-14-8-17/h1-3,16-17,19,24H,5-11,13-14H2. The first-order chi connectivity index (χ1) is 13.4. The lowest BCUT2D eigenvalue weighted by atomic mass is 9.66. The van der Waals surface area contributed by atoms with E-state index in [9.17, 15) is 22.5 Å². The fourth-order valence-corrected chi connectivity index (χ4v) is 4.94. The zero-order valence-electron chi connectivity index (χ0n) is 15.7. The maximum absolute atomic E-state index is 12.7. The minimum Gasteiger partial charge on any atom is -0.381 e. The van der Waals surface area contributed by atoms with Gasteiger partial charge in [0, 0.05) is 43.2 Å². The highest BCUT2D eigenvalue weighted by Crippen LogP contribution is 2.42. The maximum Gasteiger partial charge on any atom is 0.341 e. The van der Waals surface area contributed by atoms with Gasteiger partial charge in [-0.05, 0) is 56.2 Å². The van der Waals surface area contributed by atoms with Crippen LogP contribution in [0.15, 0.2) is 23.1 Å². The summed E-state index contributed by atoms with van der Waals surface area (Å²) in [5, 5.41) is 13.0. The number of rotatable bonds is 6. The van der Waals surface area contributed by atoms with Gasteiger partial charge >= 0.3 is 5.76 Å². The van der Waals surface area contributed by atoms with Gasteiger partial charge in [-0.15, -0.1) is 0 Å². The summed E-state index contributed by atoms with van der Waals surface area (Å²) in [6, 6.07) is 9.83. The molecule has 28 heavy (non-hydrogen) atoms. The largest absolute Gasteiger partial charge is 0.381 e. The molecule has 0 amide bonds. The molecule has 0 spiro atoms. The molecule has 1 aromatic rings. The molecular weight excluding hydrogens is 386 g/mol. The van der Waals surface area contributed by atoms with Crippen molar-refractivity contribution in [2.75, 3.05) is 13.2 Å². The van der Waals surface area contributed by atoms with Crippen LogP contribution in [-0.2, 0) is 20.0 Å². The fourth-order valence-electron chi connectivity index (χ4n) is 4.27. The highest BCUT2D eigenvalue weighted by molar-refractivity contribution is 7.91. The molecule has 1 aliphatic heterocycles.